The van der Waals surface area contributed by atoms with Gasteiger partial charge in [-0.25, -0.2) is 4.79 Å². The lowest BCUT2D eigenvalue weighted by molar-refractivity contribution is 0.0694. The van der Waals surface area contributed by atoms with E-state index in [1.54, 1.807) is 32.0 Å². The molecule has 0 amide bonds. The summed E-state index contributed by atoms with van der Waals surface area (Å²) >= 11 is 3.31. The van der Waals surface area contributed by atoms with Gasteiger partial charge in [0.1, 0.15) is 0 Å². The van der Waals surface area contributed by atoms with Crippen LogP contribution in [0.4, 0.5) is 0 Å². The molecular formula is C15H11BrN2O3. The molecular weight excluding hydrogens is 336 g/mol. The SMILES string of the molecule is Cc1cc(=O)n(-c2ccc(C#N)cc2Br)c(C)c1C(=O)O. The van der Waals surface area contributed by atoms with E-state index in [9.17, 15) is 14.7 Å². The van der Waals surface area contributed by atoms with Gasteiger partial charge in [0, 0.05) is 16.2 Å². The monoisotopic (exact) mass is 346 g/mol. The van der Waals surface area contributed by atoms with Crippen molar-refractivity contribution in [2.24, 2.45) is 0 Å². The van der Waals surface area contributed by atoms with E-state index in [0.717, 1.165) is 0 Å². The van der Waals surface area contributed by atoms with Crippen LogP contribution in [0.1, 0.15) is 27.2 Å². The molecule has 0 unspecified atom stereocenters. The first kappa shape index (κ1) is 15.0. The molecule has 0 aliphatic heterocycles. The number of benzene rings is 1. The largest absolute Gasteiger partial charge is 0.478 e. The Balaban J connectivity index is 2.82. The highest BCUT2D eigenvalue weighted by atomic mass is 79.9. The number of aryl methyl sites for hydroxylation is 1. The quantitative estimate of drug-likeness (QED) is 0.906. The third-order valence-electron chi connectivity index (χ3n) is 3.18. The lowest BCUT2D eigenvalue weighted by Crippen LogP contribution is -2.24. The molecule has 2 aromatic rings. The predicted molar refractivity (Wildman–Crippen MR) is 80.9 cm³/mol. The van der Waals surface area contributed by atoms with Crippen LogP contribution in [0.25, 0.3) is 5.69 Å². The second-order valence-corrected chi connectivity index (χ2v) is 5.40. The molecule has 0 radical (unpaired) electrons. The molecule has 0 saturated heterocycles. The molecule has 1 aromatic carbocycles. The number of hydrogen-bond acceptors (Lipinski definition) is 3. The van der Waals surface area contributed by atoms with Gasteiger partial charge in [0.05, 0.1) is 22.9 Å². The van der Waals surface area contributed by atoms with E-state index in [-0.39, 0.29) is 11.1 Å². The Kier molecular flexibility index (Phi) is 3.96. The van der Waals surface area contributed by atoms with Crippen LogP contribution in [0.15, 0.2) is 33.5 Å². The van der Waals surface area contributed by atoms with Crippen molar-refractivity contribution in [1.82, 2.24) is 4.57 Å². The summed E-state index contributed by atoms with van der Waals surface area (Å²) in [5, 5.41) is 18.2. The van der Waals surface area contributed by atoms with Gasteiger partial charge in [-0.05, 0) is 53.5 Å². The van der Waals surface area contributed by atoms with Crippen molar-refractivity contribution in [2.75, 3.05) is 0 Å². The van der Waals surface area contributed by atoms with Crippen LogP contribution in [0.2, 0.25) is 0 Å². The highest BCUT2D eigenvalue weighted by Gasteiger charge is 2.18. The van der Waals surface area contributed by atoms with Crippen molar-refractivity contribution < 1.29 is 9.90 Å². The number of pyridine rings is 1. The van der Waals surface area contributed by atoms with Crippen molar-refractivity contribution in [2.45, 2.75) is 13.8 Å². The minimum Gasteiger partial charge on any atom is -0.478 e. The molecule has 1 heterocycles. The zero-order valence-electron chi connectivity index (χ0n) is 11.3. The molecule has 0 atom stereocenters. The van der Waals surface area contributed by atoms with Crippen molar-refractivity contribution in [3.05, 3.63) is 61.5 Å². The molecule has 0 aliphatic carbocycles. The van der Waals surface area contributed by atoms with Gasteiger partial charge < -0.3 is 5.11 Å². The summed E-state index contributed by atoms with van der Waals surface area (Å²) in [4.78, 5) is 23.6. The first-order valence-corrected chi connectivity index (χ1v) is 6.82. The third kappa shape index (κ3) is 2.60. The van der Waals surface area contributed by atoms with E-state index in [4.69, 9.17) is 5.26 Å². The van der Waals surface area contributed by atoms with Crippen molar-refractivity contribution in [3.8, 4) is 11.8 Å². The highest BCUT2D eigenvalue weighted by molar-refractivity contribution is 9.10. The molecule has 0 aliphatic rings. The van der Waals surface area contributed by atoms with E-state index in [2.05, 4.69) is 15.9 Å². The summed E-state index contributed by atoms with van der Waals surface area (Å²) in [6.07, 6.45) is 0. The Morgan fingerprint density at radius 1 is 1.33 bits per heavy atom. The van der Waals surface area contributed by atoms with Crippen LogP contribution in [-0.4, -0.2) is 15.6 Å². The van der Waals surface area contributed by atoms with E-state index in [1.165, 1.54) is 10.6 Å². The van der Waals surface area contributed by atoms with E-state index < -0.39 is 5.97 Å². The van der Waals surface area contributed by atoms with E-state index >= 15 is 0 Å². The summed E-state index contributed by atoms with van der Waals surface area (Å²) in [7, 11) is 0. The number of aromatic nitrogens is 1. The number of carbonyl (C=O) groups is 1. The van der Waals surface area contributed by atoms with Crippen molar-refractivity contribution in [3.63, 3.8) is 0 Å². The molecule has 0 fully saturated rings. The van der Waals surface area contributed by atoms with Gasteiger partial charge in [0.25, 0.3) is 5.56 Å². The lowest BCUT2D eigenvalue weighted by atomic mass is 10.1. The third-order valence-corrected chi connectivity index (χ3v) is 3.82. The number of halogens is 1. The van der Waals surface area contributed by atoms with E-state index in [1.807, 2.05) is 6.07 Å². The molecule has 0 bridgehead atoms. The summed E-state index contributed by atoms with van der Waals surface area (Å²) in [6.45, 7) is 3.18. The van der Waals surface area contributed by atoms with Crippen LogP contribution in [0.3, 0.4) is 0 Å². The minimum atomic E-state index is -1.08. The molecule has 21 heavy (non-hydrogen) atoms. The van der Waals surface area contributed by atoms with Gasteiger partial charge in [-0.3, -0.25) is 9.36 Å². The molecule has 6 heteroatoms. The summed E-state index contributed by atoms with van der Waals surface area (Å²) < 4.78 is 1.87. The van der Waals surface area contributed by atoms with Gasteiger partial charge in [0.15, 0.2) is 0 Å². The Bertz CT molecular complexity index is 847. The van der Waals surface area contributed by atoms with E-state index in [0.29, 0.717) is 27.0 Å². The van der Waals surface area contributed by atoms with Crippen LogP contribution < -0.4 is 5.56 Å². The Hall–Kier alpha value is -2.39. The van der Waals surface area contributed by atoms with Crippen LogP contribution in [0.5, 0.6) is 0 Å². The van der Waals surface area contributed by atoms with Gasteiger partial charge in [-0.15, -0.1) is 0 Å². The topological polar surface area (TPSA) is 83.1 Å². The summed E-state index contributed by atoms with van der Waals surface area (Å²) in [5.74, 6) is -1.08. The average molecular weight is 347 g/mol. The Morgan fingerprint density at radius 2 is 2.00 bits per heavy atom. The number of carboxylic acid groups (broad SMARTS) is 1. The predicted octanol–water partition coefficient (Wildman–Crippen LogP) is 2.79. The summed E-state index contributed by atoms with van der Waals surface area (Å²) in [6, 6.07) is 8.07. The van der Waals surface area contributed by atoms with Crippen LogP contribution in [-0.2, 0) is 0 Å². The number of aromatic carboxylic acids is 1. The second-order valence-electron chi connectivity index (χ2n) is 4.54. The maximum Gasteiger partial charge on any atom is 0.337 e. The van der Waals surface area contributed by atoms with Crippen LogP contribution >= 0.6 is 15.9 Å². The molecule has 1 aromatic heterocycles. The average Bonchev–Trinajstić information content (AvgIpc) is 2.39. The molecule has 1 N–H and O–H groups in total. The van der Waals surface area contributed by atoms with Gasteiger partial charge in [-0.2, -0.15) is 5.26 Å². The smallest absolute Gasteiger partial charge is 0.337 e. The first-order valence-electron chi connectivity index (χ1n) is 6.03. The molecule has 0 saturated carbocycles. The Morgan fingerprint density at radius 3 is 2.52 bits per heavy atom. The normalized spacial score (nSPS) is 10.2. The molecule has 2 rings (SSSR count). The number of nitriles is 1. The van der Waals surface area contributed by atoms with Crippen molar-refractivity contribution >= 4 is 21.9 Å². The second kappa shape index (κ2) is 5.54. The number of carboxylic acids is 1. The van der Waals surface area contributed by atoms with Crippen molar-refractivity contribution in [1.29, 1.82) is 5.26 Å². The summed E-state index contributed by atoms with van der Waals surface area (Å²) in [5.41, 5.74) is 1.50. The Labute approximate surface area is 129 Å². The van der Waals surface area contributed by atoms with Gasteiger partial charge >= 0.3 is 5.97 Å². The molecule has 0 spiro atoms. The fourth-order valence-electron chi connectivity index (χ4n) is 2.26. The first-order chi connectivity index (χ1) is 9.86. The molecule has 106 valence electrons. The zero-order valence-corrected chi connectivity index (χ0v) is 12.9. The van der Waals surface area contributed by atoms with Crippen LogP contribution in [0, 0.1) is 25.2 Å². The van der Waals surface area contributed by atoms with Gasteiger partial charge in [-0.1, -0.05) is 0 Å². The van der Waals surface area contributed by atoms with Gasteiger partial charge in [0.2, 0.25) is 0 Å². The maximum absolute atomic E-state index is 12.2. The minimum absolute atomic E-state index is 0.103. The lowest BCUT2D eigenvalue weighted by Gasteiger charge is -2.15. The zero-order chi connectivity index (χ0) is 15.7. The maximum atomic E-state index is 12.2. The number of hydrogen-bond donors (Lipinski definition) is 1. The number of rotatable bonds is 2. The standard InChI is InChI=1S/C15H11BrN2O3/c1-8-5-13(19)18(9(2)14(8)15(20)21)12-4-3-10(7-17)6-11(12)16/h3-6H,1-2H3,(H,20,21). The number of nitrogens with zero attached hydrogens (tertiary/aromatic N) is 2. The fourth-order valence-corrected chi connectivity index (χ4v) is 2.82. The fraction of sp³-hybridized carbons (Fsp3) is 0.133. The highest BCUT2D eigenvalue weighted by Crippen LogP contribution is 2.24. The molecule has 5 nitrogen and oxygen atoms in total.